The molecule has 1 aromatic carbocycles. The lowest BCUT2D eigenvalue weighted by Gasteiger charge is -2.23. The maximum absolute atomic E-state index is 12.2. The van der Waals surface area contributed by atoms with Crippen LogP contribution in [0.3, 0.4) is 0 Å². The second-order valence-corrected chi connectivity index (χ2v) is 7.42. The molecule has 0 unspecified atom stereocenters. The van der Waals surface area contributed by atoms with E-state index < -0.39 is 34.2 Å². The summed E-state index contributed by atoms with van der Waals surface area (Å²) in [6, 6.07) is 4.82. The number of hydrogen-bond donors (Lipinski definition) is 2. The number of rotatable bonds is 5. The van der Waals surface area contributed by atoms with Gasteiger partial charge in [-0.15, -0.1) is 0 Å². The average Bonchev–Trinajstić information content (AvgIpc) is 2.34. The Kier molecular flexibility index (Phi) is 5.49. The van der Waals surface area contributed by atoms with Crippen LogP contribution in [0.2, 0.25) is 0 Å². The van der Waals surface area contributed by atoms with Crippen LogP contribution in [-0.2, 0) is 19.6 Å². The number of carbonyl (C=O) groups excluding carboxylic acids is 1. The molecule has 0 saturated carbocycles. The van der Waals surface area contributed by atoms with Gasteiger partial charge in [0.2, 0.25) is 10.0 Å². The van der Waals surface area contributed by atoms with Crippen molar-refractivity contribution in [3.05, 3.63) is 29.8 Å². The molecule has 0 aromatic heterocycles. The van der Waals surface area contributed by atoms with Crippen LogP contribution in [0.1, 0.15) is 26.3 Å². The van der Waals surface area contributed by atoms with Crippen molar-refractivity contribution in [1.82, 2.24) is 4.72 Å². The molecule has 0 radical (unpaired) electrons. The number of benzene rings is 1. The summed E-state index contributed by atoms with van der Waals surface area (Å²) in [5.41, 5.74) is 0.152. The van der Waals surface area contributed by atoms with Crippen molar-refractivity contribution in [2.45, 2.75) is 44.2 Å². The van der Waals surface area contributed by atoms with Gasteiger partial charge in [0.1, 0.15) is 11.6 Å². The zero-order valence-corrected chi connectivity index (χ0v) is 13.4. The summed E-state index contributed by atoms with van der Waals surface area (Å²) in [6.45, 7) is 6.14. The molecule has 0 bridgehead atoms. The molecular formula is C14H21NO5S. The topological polar surface area (TPSA) is 92.7 Å². The van der Waals surface area contributed by atoms with Crippen molar-refractivity contribution < 1.29 is 23.1 Å². The Bertz CT molecular complexity index is 587. The molecule has 0 aliphatic carbocycles. The Morgan fingerprint density at radius 2 is 1.81 bits per heavy atom. The molecule has 118 valence electrons. The first-order valence-corrected chi connectivity index (χ1v) is 7.96. The normalized spacial score (nSPS) is 13.8. The highest BCUT2D eigenvalue weighted by Gasteiger charge is 2.29. The van der Waals surface area contributed by atoms with E-state index in [9.17, 15) is 18.3 Å². The molecule has 7 heteroatoms. The van der Waals surface area contributed by atoms with E-state index in [4.69, 9.17) is 4.74 Å². The van der Waals surface area contributed by atoms with Crippen molar-refractivity contribution >= 4 is 16.0 Å². The Labute approximate surface area is 125 Å². The summed E-state index contributed by atoms with van der Waals surface area (Å²) < 4.78 is 31.5. The highest BCUT2D eigenvalue weighted by atomic mass is 32.2. The van der Waals surface area contributed by atoms with Crippen LogP contribution < -0.4 is 4.72 Å². The molecule has 0 spiro atoms. The van der Waals surface area contributed by atoms with Gasteiger partial charge in [0, 0.05) is 0 Å². The SMILES string of the molecule is Cc1ccc(S(=O)(=O)N[C@@H](CO)C(=O)OC(C)(C)C)cc1. The highest BCUT2D eigenvalue weighted by Crippen LogP contribution is 2.12. The minimum Gasteiger partial charge on any atom is -0.459 e. The van der Waals surface area contributed by atoms with E-state index >= 15 is 0 Å². The van der Waals surface area contributed by atoms with Gasteiger partial charge in [0.25, 0.3) is 0 Å². The van der Waals surface area contributed by atoms with Crippen LogP contribution in [0, 0.1) is 6.92 Å². The first-order chi connectivity index (χ1) is 9.55. The molecule has 21 heavy (non-hydrogen) atoms. The third-order valence-electron chi connectivity index (χ3n) is 2.50. The maximum Gasteiger partial charge on any atom is 0.327 e. The Hall–Kier alpha value is -1.44. The number of aliphatic hydroxyl groups excluding tert-OH is 1. The van der Waals surface area contributed by atoms with Gasteiger partial charge >= 0.3 is 5.97 Å². The standard InChI is InChI=1S/C14H21NO5S/c1-10-5-7-11(8-6-10)21(18,19)15-12(9-16)13(17)20-14(2,3)4/h5-8,12,15-16H,9H2,1-4H3/t12-/m0/s1. The van der Waals surface area contributed by atoms with Gasteiger partial charge in [0.05, 0.1) is 11.5 Å². The fraction of sp³-hybridized carbons (Fsp3) is 0.500. The van der Waals surface area contributed by atoms with Gasteiger partial charge in [-0.2, -0.15) is 4.72 Å². The molecule has 6 nitrogen and oxygen atoms in total. The number of sulfonamides is 1. The molecule has 1 rings (SSSR count). The van der Waals surface area contributed by atoms with E-state index in [1.807, 2.05) is 6.92 Å². The van der Waals surface area contributed by atoms with E-state index in [1.165, 1.54) is 12.1 Å². The van der Waals surface area contributed by atoms with Crippen LogP contribution in [0.4, 0.5) is 0 Å². The summed E-state index contributed by atoms with van der Waals surface area (Å²) in [6.07, 6.45) is 0. The van der Waals surface area contributed by atoms with E-state index in [1.54, 1.807) is 32.9 Å². The minimum absolute atomic E-state index is 0.0232. The number of aryl methyl sites for hydroxylation is 1. The highest BCUT2D eigenvalue weighted by molar-refractivity contribution is 7.89. The summed E-state index contributed by atoms with van der Waals surface area (Å²) in [7, 11) is -3.90. The quantitative estimate of drug-likeness (QED) is 0.790. The van der Waals surface area contributed by atoms with Crippen molar-refractivity contribution in [3.8, 4) is 0 Å². The average molecular weight is 315 g/mol. The number of hydrogen-bond acceptors (Lipinski definition) is 5. The van der Waals surface area contributed by atoms with Crippen molar-refractivity contribution in [2.75, 3.05) is 6.61 Å². The number of carbonyl (C=O) groups is 1. The van der Waals surface area contributed by atoms with Crippen LogP contribution in [0.15, 0.2) is 29.2 Å². The third-order valence-corrected chi connectivity index (χ3v) is 3.99. The fourth-order valence-electron chi connectivity index (χ4n) is 1.51. The zero-order valence-electron chi connectivity index (χ0n) is 12.6. The lowest BCUT2D eigenvalue weighted by molar-refractivity contribution is -0.157. The van der Waals surface area contributed by atoms with Gasteiger partial charge in [-0.05, 0) is 39.8 Å². The first-order valence-electron chi connectivity index (χ1n) is 6.48. The van der Waals surface area contributed by atoms with Gasteiger partial charge in [-0.3, -0.25) is 4.79 Å². The zero-order chi connectivity index (χ0) is 16.3. The summed E-state index contributed by atoms with van der Waals surface area (Å²) in [5.74, 6) is -0.819. The Morgan fingerprint density at radius 1 is 1.29 bits per heavy atom. The number of esters is 1. The van der Waals surface area contributed by atoms with Gasteiger partial charge in [0.15, 0.2) is 0 Å². The number of nitrogens with one attached hydrogen (secondary N) is 1. The summed E-state index contributed by atoms with van der Waals surface area (Å²) >= 11 is 0. The molecule has 0 aliphatic heterocycles. The molecule has 0 amide bonds. The Balaban J connectivity index is 2.90. The lowest BCUT2D eigenvalue weighted by Crippen LogP contribution is -2.46. The predicted molar refractivity (Wildman–Crippen MR) is 78.2 cm³/mol. The molecule has 0 heterocycles. The number of ether oxygens (including phenoxy) is 1. The molecular weight excluding hydrogens is 294 g/mol. The van der Waals surface area contributed by atoms with Crippen LogP contribution >= 0.6 is 0 Å². The monoisotopic (exact) mass is 315 g/mol. The van der Waals surface area contributed by atoms with Gasteiger partial charge in [-0.25, -0.2) is 8.42 Å². The van der Waals surface area contributed by atoms with E-state index in [-0.39, 0.29) is 4.90 Å². The lowest BCUT2D eigenvalue weighted by atomic mass is 10.2. The van der Waals surface area contributed by atoms with Crippen LogP contribution in [0.25, 0.3) is 0 Å². The predicted octanol–water partition coefficient (Wildman–Crippen LogP) is 0.976. The van der Waals surface area contributed by atoms with Crippen molar-refractivity contribution in [1.29, 1.82) is 0 Å². The van der Waals surface area contributed by atoms with E-state index in [2.05, 4.69) is 4.72 Å². The molecule has 1 aromatic rings. The van der Waals surface area contributed by atoms with Crippen molar-refractivity contribution in [2.24, 2.45) is 0 Å². The van der Waals surface area contributed by atoms with E-state index in [0.29, 0.717) is 0 Å². The molecule has 0 saturated heterocycles. The molecule has 0 fully saturated rings. The Morgan fingerprint density at radius 3 is 2.24 bits per heavy atom. The maximum atomic E-state index is 12.2. The van der Waals surface area contributed by atoms with E-state index in [0.717, 1.165) is 5.56 Å². The first kappa shape index (κ1) is 17.6. The number of aliphatic hydroxyl groups is 1. The molecule has 0 aliphatic rings. The second kappa shape index (κ2) is 6.55. The third kappa shape index (κ3) is 5.45. The molecule has 2 N–H and O–H groups in total. The minimum atomic E-state index is -3.90. The fourth-order valence-corrected chi connectivity index (χ4v) is 2.68. The largest absolute Gasteiger partial charge is 0.459 e. The van der Waals surface area contributed by atoms with Crippen LogP contribution in [0.5, 0.6) is 0 Å². The van der Waals surface area contributed by atoms with Crippen LogP contribution in [-0.4, -0.2) is 37.7 Å². The smallest absolute Gasteiger partial charge is 0.327 e. The summed E-state index contributed by atoms with van der Waals surface area (Å²) in [5, 5.41) is 9.22. The van der Waals surface area contributed by atoms with Crippen molar-refractivity contribution in [3.63, 3.8) is 0 Å². The molecule has 1 atom stereocenters. The van der Waals surface area contributed by atoms with Gasteiger partial charge < -0.3 is 9.84 Å². The summed E-state index contributed by atoms with van der Waals surface area (Å²) in [4.78, 5) is 11.9. The van der Waals surface area contributed by atoms with Gasteiger partial charge in [-0.1, -0.05) is 17.7 Å². The second-order valence-electron chi connectivity index (χ2n) is 5.70.